The average Bonchev–Trinajstić information content (AvgIpc) is 2.21. The Morgan fingerprint density at radius 1 is 1.40 bits per heavy atom. The van der Waals surface area contributed by atoms with E-state index in [1.165, 1.54) is 0 Å². The van der Waals surface area contributed by atoms with Gasteiger partial charge < -0.3 is 9.84 Å². The summed E-state index contributed by atoms with van der Waals surface area (Å²) in [7, 11) is 1.59. The fraction of sp³-hybridized carbons (Fsp3) is 0.364. The average molecular weight is 212 g/mol. The van der Waals surface area contributed by atoms with E-state index in [4.69, 9.17) is 9.84 Å². The summed E-state index contributed by atoms with van der Waals surface area (Å²) in [6.45, 7) is 0.498. The quantitative estimate of drug-likeness (QED) is 0.809. The molecule has 1 aromatic rings. The molecule has 0 heterocycles. The second-order valence-electron chi connectivity index (χ2n) is 3.26. The van der Waals surface area contributed by atoms with E-state index in [9.17, 15) is 9.18 Å². The van der Waals surface area contributed by atoms with Crippen molar-refractivity contribution in [3.05, 3.63) is 35.4 Å². The third-order valence-electron chi connectivity index (χ3n) is 2.02. The van der Waals surface area contributed by atoms with Gasteiger partial charge in [-0.15, -0.1) is 0 Å². The number of alkyl halides is 1. The summed E-state index contributed by atoms with van der Waals surface area (Å²) >= 11 is 0. The minimum absolute atomic E-state index is 0.0946. The predicted molar refractivity (Wildman–Crippen MR) is 53.4 cm³/mol. The predicted octanol–water partition coefficient (Wildman–Crippen LogP) is 1.80. The third-order valence-corrected chi connectivity index (χ3v) is 2.02. The topological polar surface area (TPSA) is 46.5 Å². The molecule has 0 saturated heterocycles. The van der Waals surface area contributed by atoms with Gasteiger partial charge >= 0.3 is 5.97 Å². The Kier molecular flexibility index (Phi) is 4.24. The largest absolute Gasteiger partial charge is 0.479 e. The van der Waals surface area contributed by atoms with Gasteiger partial charge in [0.2, 0.25) is 6.17 Å². The Hall–Kier alpha value is -1.42. The number of carbonyl (C=O) groups is 1. The van der Waals surface area contributed by atoms with Gasteiger partial charge in [-0.25, -0.2) is 9.18 Å². The van der Waals surface area contributed by atoms with Gasteiger partial charge in [-0.2, -0.15) is 0 Å². The molecule has 4 heteroatoms. The molecule has 1 atom stereocenters. The zero-order chi connectivity index (χ0) is 11.3. The smallest absolute Gasteiger partial charge is 0.338 e. The number of carboxylic acid groups (broad SMARTS) is 1. The Labute approximate surface area is 87.5 Å². The maximum absolute atomic E-state index is 12.8. The molecule has 0 aliphatic rings. The molecule has 0 aromatic heterocycles. The van der Waals surface area contributed by atoms with Crippen LogP contribution in [0.3, 0.4) is 0 Å². The van der Waals surface area contributed by atoms with E-state index in [1.807, 2.05) is 0 Å². The van der Waals surface area contributed by atoms with E-state index in [1.54, 1.807) is 31.4 Å². The van der Waals surface area contributed by atoms with Crippen molar-refractivity contribution in [1.29, 1.82) is 0 Å². The van der Waals surface area contributed by atoms with Crippen LogP contribution in [-0.4, -0.2) is 24.4 Å². The molecule has 0 spiro atoms. The van der Waals surface area contributed by atoms with E-state index >= 15 is 0 Å². The van der Waals surface area contributed by atoms with Crippen molar-refractivity contribution in [1.82, 2.24) is 0 Å². The van der Waals surface area contributed by atoms with Crippen molar-refractivity contribution >= 4 is 5.97 Å². The highest BCUT2D eigenvalue weighted by atomic mass is 19.1. The molecular weight excluding hydrogens is 199 g/mol. The number of halogens is 1. The fourth-order valence-corrected chi connectivity index (χ4v) is 1.23. The molecule has 0 aliphatic heterocycles. The third kappa shape index (κ3) is 3.67. The highest BCUT2D eigenvalue weighted by molar-refractivity contribution is 5.72. The summed E-state index contributed by atoms with van der Waals surface area (Å²) in [6.07, 6.45) is -1.93. The molecule has 82 valence electrons. The zero-order valence-corrected chi connectivity index (χ0v) is 8.44. The Balaban J connectivity index is 2.60. The normalized spacial score (nSPS) is 12.4. The van der Waals surface area contributed by atoms with Crippen LogP contribution >= 0.6 is 0 Å². The molecule has 1 unspecified atom stereocenters. The number of hydrogen-bond acceptors (Lipinski definition) is 2. The molecule has 0 saturated carbocycles. The molecule has 0 amide bonds. The van der Waals surface area contributed by atoms with Crippen LogP contribution in [0.4, 0.5) is 4.39 Å². The Bertz CT molecular complexity index is 321. The highest BCUT2D eigenvalue weighted by Crippen LogP contribution is 2.09. The minimum Gasteiger partial charge on any atom is -0.479 e. The van der Waals surface area contributed by atoms with Crippen molar-refractivity contribution in [2.24, 2.45) is 0 Å². The van der Waals surface area contributed by atoms with E-state index in [0.717, 1.165) is 5.56 Å². The summed E-state index contributed by atoms with van der Waals surface area (Å²) in [6, 6.07) is 7.02. The number of methoxy groups -OCH3 is 1. The molecule has 0 bridgehead atoms. The molecule has 1 rings (SSSR count). The van der Waals surface area contributed by atoms with Gasteiger partial charge in [0.15, 0.2) is 0 Å². The van der Waals surface area contributed by atoms with E-state index in [0.29, 0.717) is 12.2 Å². The van der Waals surface area contributed by atoms with Crippen LogP contribution in [0.5, 0.6) is 0 Å². The summed E-state index contributed by atoms with van der Waals surface area (Å²) in [5, 5.41) is 8.39. The number of aliphatic carboxylic acids is 1. The van der Waals surface area contributed by atoms with Gasteiger partial charge in [0, 0.05) is 13.5 Å². The molecule has 0 radical (unpaired) electrons. The summed E-state index contributed by atoms with van der Waals surface area (Å²) in [5.74, 6) is -1.42. The summed E-state index contributed by atoms with van der Waals surface area (Å²) in [5.41, 5.74) is 1.65. The van der Waals surface area contributed by atoms with Gasteiger partial charge in [-0.1, -0.05) is 24.3 Å². The lowest BCUT2D eigenvalue weighted by Crippen LogP contribution is -2.17. The van der Waals surface area contributed by atoms with E-state index in [2.05, 4.69) is 0 Å². The first-order chi connectivity index (χ1) is 7.13. The maximum atomic E-state index is 12.8. The van der Waals surface area contributed by atoms with Gasteiger partial charge in [-0.3, -0.25) is 0 Å². The first kappa shape index (κ1) is 11.7. The number of benzene rings is 1. The zero-order valence-electron chi connectivity index (χ0n) is 8.44. The van der Waals surface area contributed by atoms with Gasteiger partial charge in [0.1, 0.15) is 0 Å². The maximum Gasteiger partial charge on any atom is 0.338 e. The van der Waals surface area contributed by atoms with Crippen LogP contribution < -0.4 is 0 Å². The van der Waals surface area contributed by atoms with Gasteiger partial charge in [0.05, 0.1) is 6.61 Å². The highest BCUT2D eigenvalue weighted by Gasteiger charge is 2.15. The van der Waals surface area contributed by atoms with Crippen molar-refractivity contribution in [3.8, 4) is 0 Å². The van der Waals surface area contributed by atoms with Crippen LogP contribution in [0.1, 0.15) is 11.1 Å². The first-order valence-corrected chi connectivity index (χ1v) is 4.57. The van der Waals surface area contributed by atoms with Crippen LogP contribution in [-0.2, 0) is 22.6 Å². The molecule has 1 aromatic carbocycles. The van der Waals surface area contributed by atoms with Crippen molar-refractivity contribution < 1.29 is 19.0 Å². The van der Waals surface area contributed by atoms with E-state index in [-0.39, 0.29) is 6.42 Å². The summed E-state index contributed by atoms with van der Waals surface area (Å²) in [4.78, 5) is 10.3. The number of hydrogen-bond donors (Lipinski definition) is 1. The standard InChI is InChI=1S/C11H13FO3/c1-15-7-9-4-2-8(3-5-9)6-10(12)11(13)14/h2-5,10H,6-7H2,1H3,(H,13,14). The van der Waals surface area contributed by atoms with E-state index < -0.39 is 12.1 Å². The Morgan fingerprint density at radius 3 is 2.40 bits per heavy atom. The van der Waals surface area contributed by atoms with Crippen molar-refractivity contribution in [3.63, 3.8) is 0 Å². The number of rotatable bonds is 5. The lowest BCUT2D eigenvalue weighted by Gasteiger charge is -2.04. The second-order valence-corrected chi connectivity index (χ2v) is 3.26. The Morgan fingerprint density at radius 2 is 1.93 bits per heavy atom. The minimum atomic E-state index is -1.83. The van der Waals surface area contributed by atoms with Crippen LogP contribution in [0.25, 0.3) is 0 Å². The van der Waals surface area contributed by atoms with Crippen molar-refractivity contribution in [2.45, 2.75) is 19.2 Å². The lowest BCUT2D eigenvalue weighted by molar-refractivity contribution is -0.142. The first-order valence-electron chi connectivity index (χ1n) is 4.57. The van der Waals surface area contributed by atoms with Crippen LogP contribution in [0.2, 0.25) is 0 Å². The van der Waals surface area contributed by atoms with Crippen LogP contribution in [0.15, 0.2) is 24.3 Å². The number of ether oxygens (including phenoxy) is 1. The fourth-order valence-electron chi connectivity index (χ4n) is 1.23. The molecule has 3 nitrogen and oxygen atoms in total. The van der Waals surface area contributed by atoms with Gasteiger partial charge in [-0.05, 0) is 11.1 Å². The SMILES string of the molecule is COCc1ccc(CC(F)C(=O)O)cc1. The molecule has 15 heavy (non-hydrogen) atoms. The second kappa shape index (κ2) is 5.46. The lowest BCUT2D eigenvalue weighted by atomic mass is 10.1. The molecule has 1 N–H and O–H groups in total. The monoisotopic (exact) mass is 212 g/mol. The number of carboxylic acids is 1. The molecular formula is C11H13FO3. The van der Waals surface area contributed by atoms with Crippen LogP contribution in [0, 0.1) is 0 Å². The molecule has 0 aliphatic carbocycles. The van der Waals surface area contributed by atoms with Gasteiger partial charge in [0.25, 0.3) is 0 Å². The summed E-state index contributed by atoms with van der Waals surface area (Å²) < 4.78 is 17.8. The molecule has 0 fully saturated rings. The van der Waals surface area contributed by atoms with Crippen molar-refractivity contribution in [2.75, 3.05) is 7.11 Å².